The molecule has 0 spiro atoms. The van der Waals surface area contributed by atoms with Crippen LogP contribution in [0.2, 0.25) is 5.15 Å². The van der Waals surface area contributed by atoms with Gasteiger partial charge in [-0.3, -0.25) is 4.79 Å². The molecule has 0 aliphatic heterocycles. The summed E-state index contributed by atoms with van der Waals surface area (Å²) >= 11 is 9.34. The smallest absolute Gasteiger partial charge is 0.261 e. The minimum Gasteiger partial charge on any atom is -0.309 e. The highest BCUT2D eigenvalue weighted by Crippen LogP contribution is 2.23. The van der Waals surface area contributed by atoms with Crippen LogP contribution >= 0.6 is 27.5 Å². The Morgan fingerprint density at radius 1 is 1.40 bits per heavy atom. The molecule has 0 bridgehead atoms. The van der Waals surface area contributed by atoms with Crippen LogP contribution < -0.4 is 4.90 Å². The lowest BCUT2D eigenvalue weighted by Crippen LogP contribution is -2.31. The SMILES string of the molecule is CCN(C(=O)c1cc(Br)cnc1Cl)c1cccc(C)c1. The molecule has 0 fully saturated rings. The highest BCUT2D eigenvalue weighted by Gasteiger charge is 2.19. The molecule has 1 heterocycles. The summed E-state index contributed by atoms with van der Waals surface area (Å²) in [5.74, 6) is -0.156. The van der Waals surface area contributed by atoms with E-state index in [1.165, 1.54) is 0 Å². The summed E-state index contributed by atoms with van der Waals surface area (Å²) in [7, 11) is 0. The molecule has 2 rings (SSSR count). The number of hydrogen-bond donors (Lipinski definition) is 0. The van der Waals surface area contributed by atoms with E-state index in [-0.39, 0.29) is 11.1 Å². The van der Waals surface area contributed by atoms with Crippen molar-refractivity contribution in [2.45, 2.75) is 13.8 Å². The Bertz CT molecular complexity index is 646. The molecular weight excluding hydrogens is 340 g/mol. The van der Waals surface area contributed by atoms with Crippen LogP contribution in [0.25, 0.3) is 0 Å². The van der Waals surface area contributed by atoms with Crippen molar-refractivity contribution in [2.24, 2.45) is 0 Å². The summed E-state index contributed by atoms with van der Waals surface area (Å²) in [6.45, 7) is 4.49. The molecule has 104 valence electrons. The third kappa shape index (κ3) is 3.19. The van der Waals surface area contributed by atoms with Crippen LogP contribution in [0, 0.1) is 6.92 Å². The van der Waals surface area contributed by atoms with Gasteiger partial charge in [-0.15, -0.1) is 0 Å². The van der Waals surface area contributed by atoms with E-state index in [9.17, 15) is 4.79 Å². The van der Waals surface area contributed by atoms with E-state index in [0.717, 1.165) is 15.7 Å². The van der Waals surface area contributed by atoms with Gasteiger partial charge in [-0.05, 0) is 53.5 Å². The lowest BCUT2D eigenvalue weighted by molar-refractivity contribution is 0.0988. The van der Waals surface area contributed by atoms with Crippen molar-refractivity contribution in [3.8, 4) is 0 Å². The molecule has 2 aromatic rings. The number of benzene rings is 1. The first kappa shape index (κ1) is 15.0. The van der Waals surface area contributed by atoms with Crippen LogP contribution in [-0.2, 0) is 0 Å². The zero-order valence-electron chi connectivity index (χ0n) is 11.2. The van der Waals surface area contributed by atoms with E-state index in [1.54, 1.807) is 17.2 Å². The van der Waals surface area contributed by atoms with E-state index >= 15 is 0 Å². The molecular formula is C15H14BrClN2O. The van der Waals surface area contributed by atoms with Crippen LogP contribution in [0.15, 0.2) is 41.0 Å². The van der Waals surface area contributed by atoms with Gasteiger partial charge in [0.25, 0.3) is 5.91 Å². The molecule has 0 N–H and O–H groups in total. The lowest BCUT2D eigenvalue weighted by atomic mass is 10.2. The van der Waals surface area contributed by atoms with E-state index in [2.05, 4.69) is 20.9 Å². The maximum absolute atomic E-state index is 12.6. The average molecular weight is 354 g/mol. The predicted molar refractivity (Wildman–Crippen MR) is 85.5 cm³/mol. The largest absolute Gasteiger partial charge is 0.309 e. The topological polar surface area (TPSA) is 33.2 Å². The van der Waals surface area contributed by atoms with Crippen molar-refractivity contribution >= 4 is 39.1 Å². The van der Waals surface area contributed by atoms with Gasteiger partial charge in [0.15, 0.2) is 0 Å². The highest BCUT2D eigenvalue weighted by molar-refractivity contribution is 9.10. The maximum Gasteiger partial charge on any atom is 0.261 e. The van der Waals surface area contributed by atoms with Gasteiger partial charge in [-0.2, -0.15) is 0 Å². The highest BCUT2D eigenvalue weighted by atomic mass is 79.9. The fourth-order valence-electron chi connectivity index (χ4n) is 1.96. The number of carbonyl (C=O) groups excluding carboxylic acids is 1. The number of rotatable bonds is 3. The minimum atomic E-state index is -0.156. The molecule has 0 aliphatic carbocycles. The van der Waals surface area contributed by atoms with Crippen LogP contribution in [0.5, 0.6) is 0 Å². The van der Waals surface area contributed by atoms with Crippen molar-refractivity contribution < 1.29 is 4.79 Å². The van der Waals surface area contributed by atoms with Gasteiger partial charge in [0, 0.05) is 22.9 Å². The second-order valence-electron chi connectivity index (χ2n) is 4.38. The van der Waals surface area contributed by atoms with E-state index < -0.39 is 0 Å². The standard InChI is InChI=1S/C15H14BrClN2O/c1-3-19(12-6-4-5-10(2)7-12)15(20)13-8-11(16)9-18-14(13)17/h4-9H,3H2,1-2H3. The second-order valence-corrected chi connectivity index (χ2v) is 5.65. The summed E-state index contributed by atoms with van der Waals surface area (Å²) in [4.78, 5) is 18.3. The molecule has 0 saturated heterocycles. The quantitative estimate of drug-likeness (QED) is 0.763. The molecule has 0 unspecified atom stereocenters. The molecule has 20 heavy (non-hydrogen) atoms. The molecule has 0 atom stereocenters. The summed E-state index contributed by atoms with van der Waals surface area (Å²) in [6.07, 6.45) is 1.57. The lowest BCUT2D eigenvalue weighted by Gasteiger charge is -2.22. The van der Waals surface area contributed by atoms with E-state index in [0.29, 0.717) is 12.1 Å². The molecule has 0 aliphatic rings. The molecule has 1 amide bonds. The molecule has 5 heteroatoms. The summed E-state index contributed by atoms with van der Waals surface area (Å²) in [5.41, 5.74) is 2.35. The van der Waals surface area contributed by atoms with Gasteiger partial charge in [-0.1, -0.05) is 23.7 Å². The number of hydrogen-bond acceptors (Lipinski definition) is 2. The fourth-order valence-corrected chi connectivity index (χ4v) is 2.47. The molecule has 1 aromatic carbocycles. The first-order valence-electron chi connectivity index (χ1n) is 6.22. The van der Waals surface area contributed by atoms with Crippen LogP contribution in [0.1, 0.15) is 22.8 Å². The number of aryl methyl sites for hydroxylation is 1. The molecule has 0 radical (unpaired) electrons. The Morgan fingerprint density at radius 2 is 2.15 bits per heavy atom. The fraction of sp³-hybridized carbons (Fsp3) is 0.200. The molecule has 0 saturated carbocycles. The second kappa shape index (κ2) is 6.37. The van der Waals surface area contributed by atoms with Crippen molar-refractivity contribution in [3.63, 3.8) is 0 Å². The first-order chi connectivity index (χ1) is 9.52. The first-order valence-corrected chi connectivity index (χ1v) is 7.39. The van der Waals surface area contributed by atoms with Crippen molar-refractivity contribution in [2.75, 3.05) is 11.4 Å². The Hall–Kier alpha value is -1.39. The number of aromatic nitrogens is 1. The summed E-state index contributed by atoms with van der Waals surface area (Å²) in [5, 5.41) is 0.212. The number of halogens is 2. The molecule has 3 nitrogen and oxygen atoms in total. The summed E-state index contributed by atoms with van der Waals surface area (Å²) < 4.78 is 0.727. The van der Waals surface area contributed by atoms with Crippen LogP contribution in [-0.4, -0.2) is 17.4 Å². The Labute approximate surface area is 131 Å². The number of pyridine rings is 1. The van der Waals surface area contributed by atoms with E-state index in [4.69, 9.17) is 11.6 Å². The van der Waals surface area contributed by atoms with Gasteiger partial charge in [0.1, 0.15) is 5.15 Å². The average Bonchev–Trinajstić information content (AvgIpc) is 2.42. The van der Waals surface area contributed by atoms with Crippen molar-refractivity contribution in [1.29, 1.82) is 0 Å². The number of amides is 1. The predicted octanol–water partition coefficient (Wildman–Crippen LogP) is 4.47. The third-order valence-electron chi connectivity index (χ3n) is 2.91. The normalized spacial score (nSPS) is 10.4. The van der Waals surface area contributed by atoms with Crippen molar-refractivity contribution in [3.05, 3.63) is 57.3 Å². The van der Waals surface area contributed by atoms with E-state index in [1.807, 2.05) is 38.1 Å². The zero-order valence-corrected chi connectivity index (χ0v) is 13.6. The summed E-state index contributed by atoms with van der Waals surface area (Å²) in [6, 6.07) is 9.50. The number of carbonyl (C=O) groups is 1. The third-order valence-corrected chi connectivity index (χ3v) is 3.65. The van der Waals surface area contributed by atoms with Gasteiger partial charge in [-0.25, -0.2) is 4.98 Å². The Kier molecular flexibility index (Phi) is 4.78. The Balaban J connectivity index is 2.41. The van der Waals surface area contributed by atoms with Crippen LogP contribution in [0.3, 0.4) is 0 Å². The van der Waals surface area contributed by atoms with Gasteiger partial charge in [0.2, 0.25) is 0 Å². The van der Waals surface area contributed by atoms with Gasteiger partial charge in [0.05, 0.1) is 5.56 Å². The van der Waals surface area contributed by atoms with Crippen molar-refractivity contribution in [1.82, 2.24) is 4.98 Å². The van der Waals surface area contributed by atoms with Gasteiger partial charge < -0.3 is 4.90 Å². The monoisotopic (exact) mass is 352 g/mol. The van der Waals surface area contributed by atoms with Gasteiger partial charge >= 0.3 is 0 Å². The Morgan fingerprint density at radius 3 is 2.80 bits per heavy atom. The molecule has 1 aromatic heterocycles. The number of anilines is 1. The minimum absolute atomic E-state index is 0.156. The van der Waals surface area contributed by atoms with Crippen LogP contribution in [0.4, 0.5) is 5.69 Å². The number of nitrogens with zero attached hydrogens (tertiary/aromatic N) is 2. The maximum atomic E-state index is 12.6. The zero-order chi connectivity index (χ0) is 14.7.